The van der Waals surface area contributed by atoms with E-state index in [1.807, 2.05) is 0 Å². The summed E-state index contributed by atoms with van der Waals surface area (Å²) in [5.74, 6) is 6.66. The molecule has 1 aromatic rings. The lowest BCUT2D eigenvalue weighted by Crippen LogP contribution is -2.29. The largest absolute Gasteiger partial charge is 0.493 e. The quantitative estimate of drug-likeness (QED) is 0.441. The average Bonchev–Trinajstić information content (AvgIpc) is 2.87. The Morgan fingerprint density at radius 1 is 1.44 bits per heavy atom. The number of hydrogen-bond donors (Lipinski definition) is 2. The molecule has 0 saturated carbocycles. The van der Waals surface area contributed by atoms with Gasteiger partial charge in [-0.15, -0.1) is 0 Å². The van der Waals surface area contributed by atoms with Gasteiger partial charge in [0.05, 0.1) is 12.6 Å². The summed E-state index contributed by atoms with van der Waals surface area (Å²) < 4.78 is 11.2. The van der Waals surface area contributed by atoms with E-state index in [1.54, 1.807) is 0 Å². The molecule has 0 aliphatic carbocycles. The minimum Gasteiger partial charge on any atom is -0.493 e. The van der Waals surface area contributed by atoms with Gasteiger partial charge < -0.3 is 9.47 Å². The molecule has 2 rings (SSSR count). The highest BCUT2D eigenvalue weighted by molar-refractivity contribution is 5.45. The standard InChI is InChI=1S/C14H22N2O2/c1-2-8-17-9-7-13(16-15)12-5-3-4-11-6-10-18-14(11)12/h3-5,13,16H,2,6-10,15H2,1H3. The Morgan fingerprint density at radius 3 is 3.11 bits per heavy atom. The Labute approximate surface area is 108 Å². The number of benzene rings is 1. The Balaban J connectivity index is 2.01. The van der Waals surface area contributed by atoms with E-state index in [1.165, 1.54) is 5.56 Å². The first-order chi connectivity index (χ1) is 8.86. The smallest absolute Gasteiger partial charge is 0.127 e. The molecule has 4 heteroatoms. The summed E-state index contributed by atoms with van der Waals surface area (Å²) in [4.78, 5) is 0. The van der Waals surface area contributed by atoms with Crippen LogP contribution in [0.2, 0.25) is 0 Å². The van der Waals surface area contributed by atoms with Gasteiger partial charge in [0.25, 0.3) is 0 Å². The van der Waals surface area contributed by atoms with Gasteiger partial charge in [0, 0.05) is 25.2 Å². The van der Waals surface area contributed by atoms with E-state index >= 15 is 0 Å². The average molecular weight is 250 g/mol. The van der Waals surface area contributed by atoms with Gasteiger partial charge in [-0.3, -0.25) is 11.3 Å². The molecule has 1 aliphatic rings. The third-order valence-electron chi connectivity index (χ3n) is 3.22. The van der Waals surface area contributed by atoms with Gasteiger partial charge >= 0.3 is 0 Å². The summed E-state index contributed by atoms with van der Waals surface area (Å²) in [5.41, 5.74) is 5.29. The highest BCUT2D eigenvalue weighted by Gasteiger charge is 2.21. The fourth-order valence-electron chi connectivity index (χ4n) is 2.29. The van der Waals surface area contributed by atoms with Gasteiger partial charge in [-0.05, 0) is 18.4 Å². The molecular formula is C14H22N2O2. The Morgan fingerprint density at radius 2 is 2.33 bits per heavy atom. The van der Waals surface area contributed by atoms with Crippen LogP contribution in [0.5, 0.6) is 5.75 Å². The first-order valence-corrected chi connectivity index (χ1v) is 6.65. The predicted octanol–water partition coefficient (Wildman–Crippen LogP) is 1.94. The van der Waals surface area contributed by atoms with Gasteiger partial charge in [0.2, 0.25) is 0 Å². The van der Waals surface area contributed by atoms with Crippen LogP contribution in [0.3, 0.4) is 0 Å². The fraction of sp³-hybridized carbons (Fsp3) is 0.571. The number of para-hydroxylation sites is 1. The number of nitrogens with one attached hydrogen (secondary N) is 1. The van der Waals surface area contributed by atoms with Crippen LogP contribution in [0.25, 0.3) is 0 Å². The maximum Gasteiger partial charge on any atom is 0.127 e. The van der Waals surface area contributed by atoms with Gasteiger partial charge in [-0.25, -0.2) is 0 Å². The van der Waals surface area contributed by atoms with Gasteiger partial charge in [0.1, 0.15) is 5.75 Å². The molecule has 0 fully saturated rings. The second kappa shape index (κ2) is 6.73. The summed E-state index contributed by atoms with van der Waals surface area (Å²) in [6, 6.07) is 6.36. The predicted molar refractivity (Wildman–Crippen MR) is 71.4 cm³/mol. The molecular weight excluding hydrogens is 228 g/mol. The monoisotopic (exact) mass is 250 g/mol. The van der Waals surface area contributed by atoms with Gasteiger partial charge in [0.15, 0.2) is 0 Å². The maximum absolute atomic E-state index is 5.70. The van der Waals surface area contributed by atoms with Gasteiger partial charge in [-0.1, -0.05) is 25.1 Å². The van der Waals surface area contributed by atoms with Crippen molar-refractivity contribution in [1.82, 2.24) is 5.43 Å². The van der Waals surface area contributed by atoms with Crippen molar-refractivity contribution >= 4 is 0 Å². The molecule has 1 aliphatic heterocycles. The highest BCUT2D eigenvalue weighted by Crippen LogP contribution is 2.34. The van der Waals surface area contributed by atoms with Crippen molar-refractivity contribution < 1.29 is 9.47 Å². The van der Waals surface area contributed by atoms with E-state index in [-0.39, 0.29) is 6.04 Å². The molecule has 4 nitrogen and oxygen atoms in total. The van der Waals surface area contributed by atoms with E-state index in [2.05, 4.69) is 30.5 Å². The Kier molecular flexibility index (Phi) is 4.99. The Hall–Kier alpha value is -1.10. The third-order valence-corrected chi connectivity index (χ3v) is 3.22. The molecule has 100 valence electrons. The van der Waals surface area contributed by atoms with E-state index in [0.29, 0.717) is 6.61 Å². The van der Waals surface area contributed by atoms with Crippen molar-refractivity contribution in [2.24, 2.45) is 5.84 Å². The molecule has 0 amide bonds. The molecule has 0 spiro atoms. The van der Waals surface area contributed by atoms with Crippen LogP contribution in [-0.2, 0) is 11.2 Å². The first-order valence-electron chi connectivity index (χ1n) is 6.65. The van der Waals surface area contributed by atoms with Gasteiger partial charge in [-0.2, -0.15) is 0 Å². The molecule has 3 N–H and O–H groups in total. The highest BCUT2D eigenvalue weighted by atomic mass is 16.5. The lowest BCUT2D eigenvalue weighted by atomic mass is 10.0. The van der Waals surface area contributed by atoms with Crippen molar-refractivity contribution in [3.8, 4) is 5.75 Å². The van der Waals surface area contributed by atoms with Crippen LogP contribution in [0.4, 0.5) is 0 Å². The summed E-state index contributed by atoms with van der Waals surface area (Å²) >= 11 is 0. The number of rotatable bonds is 7. The molecule has 1 heterocycles. The minimum absolute atomic E-state index is 0.0925. The molecule has 0 bridgehead atoms. The molecule has 0 aromatic heterocycles. The molecule has 1 atom stereocenters. The zero-order valence-electron chi connectivity index (χ0n) is 10.9. The van der Waals surface area contributed by atoms with E-state index in [9.17, 15) is 0 Å². The zero-order chi connectivity index (χ0) is 12.8. The number of fused-ring (bicyclic) bond motifs is 1. The maximum atomic E-state index is 5.70. The summed E-state index contributed by atoms with van der Waals surface area (Å²) in [6.45, 7) is 4.40. The van der Waals surface area contributed by atoms with Crippen molar-refractivity contribution in [2.45, 2.75) is 32.2 Å². The topological polar surface area (TPSA) is 56.5 Å². The molecule has 0 radical (unpaired) electrons. The van der Waals surface area contributed by atoms with Crippen LogP contribution in [0, 0.1) is 0 Å². The van der Waals surface area contributed by atoms with E-state index in [4.69, 9.17) is 15.3 Å². The van der Waals surface area contributed by atoms with Crippen molar-refractivity contribution in [1.29, 1.82) is 0 Å². The van der Waals surface area contributed by atoms with E-state index in [0.717, 1.165) is 43.8 Å². The number of nitrogens with two attached hydrogens (primary N) is 1. The van der Waals surface area contributed by atoms with Crippen LogP contribution < -0.4 is 16.0 Å². The lowest BCUT2D eigenvalue weighted by molar-refractivity contribution is 0.124. The van der Waals surface area contributed by atoms with Crippen LogP contribution in [0.1, 0.15) is 36.9 Å². The molecule has 0 saturated heterocycles. The number of ether oxygens (including phenoxy) is 2. The Bertz CT molecular complexity index is 382. The van der Waals surface area contributed by atoms with Crippen molar-refractivity contribution in [3.63, 3.8) is 0 Å². The lowest BCUT2D eigenvalue weighted by Gasteiger charge is -2.18. The number of hydrazine groups is 1. The second-order valence-electron chi connectivity index (χ2n) is 4.55. The number of hydrogen-bond acceptors (Lipinski definition) is 4. The molecule has 18 heavy (non-hydrogen) atoms. The normalized spacial score (nSPS) is 15.2. The minimum atomic E-state index is 0.0925. The first kappa shape index (κ1) is 13.3. The summed E-state index contributed by atoms with van der Waals surface area (Å²) in [6.07, 6.45) is 2.90. The van der Waals surface area contributed by atoms with Crippen LogP contribution >= 0.6 is 0 Å². The second-order valence-corrected chi connectivity index (χ2v) is 4.55. The summed E-state index contributed by atoms with van der Waals surface area (Å²) in [7, 11) is 0. The SMILES string of the molecule is CCCOCCC(NN)c1cccc2c1OCC2. The van der Waals surface area contributed by atoms with E-state index < -0.39 is 0 Å². The molecule has 1 aromatic carbocycles. The van der Waals surface area contributed by atoms with Crippen molar-refractivity contribution in [3.05, 3.63) is 29.3 Å². The third kappa shape index (κ3) is 3.02. The van der Waals surface area contributed by atoms with Crippen LogP contribution in [-0.4, -0.2) is 19.8 Å². The van der Waals surface area contributed by atoms with Crippen LogP contribution in [0.15, 0.2) is 18.2 Å². The fourth-order valence-corrected chi connectivity index (χ4v) is 2.29. The molecule has 1 unspecified atom stereocenters. The zero-order valence-corrected chi connectivity index (χ0v) is 10.9. The summed E-state index contributed by atoms with van der Waals surface area (Å²) in [5, 5.41) is 0. The van der Waals surface area contributed by atoms with Crippen molar-refractivity contribution in [2.75, 3.05) is 19.8 Å².